The van der Waals surface area contributed by atoms with Crippen molar-refractivity contribution in [3.63, 3.8) is 0 Å². The molecule has 6 nitrogen and oxygen atoms in total. The molecule has 2 aromatic rings. The molecule has 0 aliphatic carbocycles. The van der Waals surface area contributed by atoms with Gasteiger partial charge in [-0.15, -0.1) is 11.3 Å². The highest BCUT2D eigenvalue weighted by Gasteiger charge is 2.14. The third kappa shape index (κ3) is 4.29. The summed E-state index contributed by atoms with van der Waals surface area (Å²) in [5.41, 5.74) is 2.29. The number of anilines is 1. The molecular weight excluding hydrogens is 302 g/mol. The van der Waals surface area contributed by atoms with Gasteiger partial charge in [0, 0.05) is 22.3 Å². The average Bonchev–Trinajstić information content (AvgIpc) is 2.91. The first-order valence-electron chi connectivity index (χ1n) is 6.74. The first kappa shape index (κ1) is 16.0. The summed E-state index contributed by atoms with van der Waals surface area (Å²) in [6, 6.07) is 5.94. The molecule has 116 valence electrons. The quantitative estimate of drug-likeness (QED) is 0.760. The SMILES string of the molecule is Cc1csc(CNc2ccc(C(=O)NC(C)C(=O)O)cc2)n1. The van der Waals surface area contributed by atoms with Crippen molar-refractivity contribution in [1.29, 1.82) is 0 Å². The number of nitrogens with zero attached hydrogens (tertiary/aromatic N) is 1. The van der Waals surface area contributed by atoms with Crippen LogP contribution in [-0.2, 0) is 11.3 Å². The first-order valence-corrected chi connectivity index (χ1v) is 7.62. The standard InChI is InChI=1S/C15H17N3O3S/c1-9-8-22-13(17-9)7-16-12-5-3-11(4-6-12)14(19)18-10(2)15(20)21/h3-6,8,10,16H,7H2,1-2H3,(H,18,19)(H,20,21). The Balaban J connectivity index is 1.92. The van der Waals surface area contributed by atoms with Gasteiger partial charge >= 0.3 is 5.97 Å². The minimum Gasteiger partial charge on any atom is -0.480 e. The molecule has 22 heavy (non-hydrogen) atoms. The van der Waals surface area contributed by atoms with Crippen LogP contribution in [0.25, 0.3) is 0 Å². The summed E-state index contributed by atoms with van der Waals surface area (Å²) in [5, 5.41) is 17.4. The minimum absolute atomic E-state index is 0.406. The Morgan fingerprint density at radius 2 is 2.00 bits per heavy atom. The largest absolute Gasteiger partial charge is 0.480 e. The monoisotopic (exact) mass is 319 g/mol. The molecule has 1 amide bonds. The highest BCUT2D eigenvalue weighted by molar-refractivity contribution is 7.09. The zero-order valence-electron chi connectivity index (χ0n) is 12.3. The van der Waals surface area contributed by atoms with Gasteiger partial charge in [-0.1, -0.05) is 0 Å². The first-order chi connectivity index (χ1) is 10.5. The lowest BCUT2D eigenvalue weighted by Gasteiger charge is -2.10. The maximum absolute atomic E-state index is 11.8. The smallest absolute Gasteiger partial charge is 0.325 e. The molecule has 1 unspecified atom stereocenters. The molecule has 0 bridgehead atoms. The van der Waals surface area contributed by atoms with Crippen LogP contribution in [0.15, 0.2) is 29.6 Å². The number of aliphatic carboxylic acids is 1. The van der Waals surface area contributed by atoms with Crippen molar-refractivity contribution >= 4 is 28.9 Å². The lowest BCUT2D eigenvalue weighted by Crippen LogP contribution is -2.38. The number of hydrogen-bond donors (Lipinski definition) is 3. The van der Waals surface area contributed by atoms with E-state index < -0.39 is 17.9 Å². The van der Waals surface area contributed by atoms with E-state index in [0.717, 1.165) is 16.4 Å². The van der Waals surface area contributed by atoms with Crippen molar-refractivity contribution in [1.82, 2.24) is 10.3 Å². The molecule has 0 saturated carbocycles. The number of carbonyl (C=O) groups excluding carboxylic acids is 1. The van der Waals surface area contributed by atoms with Crippen molar-refractivity contribution < 1.29 is 14.7 Å². The van der Waals surface area contributed by atoms with Gasteiger partial charge in [0.25, 0.3) is 5.91 Å². The lowest BCUT2D eigenvalue weighted by molar-refractivity contribution is -0.138. The van der Waals surface area contributed by atoms with Crippen LogP contribution in [0, 0.1) is 6.92 Å². The number of carbonyl (C=O) groups is 2. The van der Waals surface area contributed by atoms with Crippen molar-refractivity contribution in [3.05, 3.63) is 45.9 Å². The van der Waals surface area contributed by atoms with Gasteiger partial charge < -0.3 is 15.7 Å². The fraction of sp³-hybridized carbons (Fsp3) is 0.267. The molecule has 0 spiro atoms. The molecule has 1 aromatic carbocycles. The van der Waals surface area contributed by atoms with E-state index in [-0.39, 0.29) is 0 Å². The third-order valence-corrected chi connectivity index (χ3v) is 3.94. The molecular formula is C15H17N3O3S. The highest BCUT2D eigenvalue weighted by Crippen LogP contribution is 2.14. The summed E-state index contributed by atoms with van der Waals surface area (Å²) in [7, 11) is 0. The zero-order valence-corrected chi connectivity index (χ0v) is 13.1. The van der Waals surface area contributed by atoms with Gasteiger partial charge in [0.15, 0.2) is 0 Å². The fourth-order valence-corrected chi connectivity index (χ4v) is 2.45. The molecule has 0 radical (unpaired) electrons. The van der Waals surface area contributed by atoms with E-state index in [1.165, 1.54) is 6.92 Å². The van der Waals surface area contributed by atoms with Crippen LogP contribution in [-0.4, -0.2) is 28.0 Å². The van der Waals surface area contributed by atoms with Gasteiger partial charge in [-0.2, -0.15) is 0 Å². The van der Waals surface area contributed by atoms with Crippen LogP contribution in [0.5, 0.6) is 0 Å². The van der Waals surface area contributed by atoms with E-state index in [9.17, 15) is 9.59 Å². The second-order valence-electron chi connectivity index (χ2n) is 4.85. The molecule has 1 aromatic heterocycles. The van der Waals surface area contributed by atoms with Gasteiger partial charge in [-0.25, -0.2) is 4.98 Å². The van der Waals surface area contributed by atoms with E-state index in [1.807, 2.05) is 12.3 Å². The summed E-state index contributed by atoms with van der Waals surface area (Å²) in [6.07, 6.45) is 0. The van der Waals surface area contributed by atoms with E-state index in [0.29, 0.717) is 12.1 Å². The van der Waals surface area contributed by atoms with Gasteiger partial charge in [-0.3, -0.25) is 9.59 Å². The molecule has 2 rings (SSSR count). The van der Waals surface area contributed by atoms with Gasteiger partial charge in [-0.05, 0) is 38.1 Å². The van der Waals surface area contributed by atoms with Crippen molar-refractivity contribution in [2.45, 2.75) is 26.4 Å². The van der Waals surface area contributed by atoms with Crippen molar-refractivity contribution in [2.75, 3.05) is 5.32 Å². The van der Waals surface area contributed by atoms with Gasteiger partial charge in [0.1, 0.15) is 11.0 Å². The molecule has 0 aliphatic heterocycles. The molecule has 7 heteroatoms. The number of nitrogens with one attached hydrogen (secondary N) is 2. The maximum Gasteiger partial charge on any atom is 0.325 e. The average molecular weight is 319 g/mol. The van der Waals surface area contributed by atoms with E-state index in [1.54, 1.807) is 35.6 Å². The van der Waals surface area contributed by atoms with Crippen LogP contribution in [0.2, 0.25) is 0 Å². The molecule has 1 heterocycles. The predicted octanol–water partition coefficient (Wildman–Crippen LogP) is 2.27. The maximum atomic E-state index is 11.8. The van der Waals surface area contributed by atoms with E-state index in [2.05, 4.69) is 15.6 Å². The number of carboxylic acid groups (broad SMARTS) is 1. The second-order valence-corrected chi connectivity index (χ2v) is 5.79. The number of rotatable bonds is 6. The fourth-order valence-electron chi connectivity index (χ4n) is 1.74. The van der Waals surface area contributed by atoms with Crippen LogP contribution in [0.1, 0.15) is 28.0 Å². The molecule has 0 fully saturated rings. The molecule has 0 aliphatic rings. The van der Waals surface area contributed by atoms with E-state index in [4.69, 9.17) is 5.11 Å². The number of aromatic nitrogens is 1. The van der Waals surface area contributed by atoms with Crippen molar-refractivity contribution in [3.8, 4) is 0 Å². The van der Waals surface area contributed by atoms with Crippen LogP contribution in [0.3, 0.4) is 0 Å². The number of hydrogen-bond acceptors (Lipinski definition) is 5. The Bertz CT molecular complexity index is 667. The Labute approximate surface area is 132 Å². The Hall–Kier alpha value is -2.41. The third-order valence-electron chi connectivity index (χ3n) is 2.98. The Morgan fingerprint density at radius 1 is 1.32 bits per heavy atom. The number of thiazole rings is 1. The number of benzene rings is 1. The van der Waals surface area contributed by atoms with Crippen LogP contribution in [0.4, 0.5) is 5.69 Å². The highest BCUT2D eigenvalue weighted by atomic mass is 32.1. The molecule has 1 atom stereocenters. The summed E-state index contributed by atoms with van der Waals surface area (Å²) < 4.78 is 0. The second kappa shape index (κ2) is 7.04. The number of amides is 1. The Kier molecular flexibility index (Phi) is 5.11. The van der Waals surface area contributed by atoms with Gasteiger partial charge in [0.2, 0.25) is 0 Å². The lowest BCUT2D eigenvalue weighted by atomic mass is 10.2. The normalized spacial score (nSPS) is 11.7. The summed E-state index contributed by atoms with van der Waals surface area (Å²) in [5.74, 6) is -1.47. The zero-order chi connectivity index (χ0) is 16.1. The summed E-state index contributed by atoms with van der Waals surface area (Å²) in [6.45, 7) is 4.00. The van der Waals surface area contributed by atoms with Gasteiger partial charge in [0.05, 0.1) is 6.54 Å². The number of aryl methyl sites for hydroxylation is 1. The Morgan fingerprint density at radius 3 is 2.55 bits per heavy atom. The summed E-state index contributed by atoms with van der Waals surface area (Å²) in [4.78, 5) is 26.9. The predicted molar refractivity (Wildman–Crippen MR) is 85.2 cm³/mol. The minimum atomic E-state index is -1.06. The van der Waals surface area contributed by atoms with Crippen LogP contribution >= 0.6 is 11.3 Å². The van der Waals surface area contributed by atoms with E-state index >= 15 is 0 Å². The number of carboxylic acids is 1. The summed E-state index contributed by atoms with van der Waals surface area (Å²) >= 11 is 1.59. The topological polar surface area (TPSA) is 91.3 Å². The molecule has 0 saturated heterocycles. The van der Waals surface area contributed by atoms with Crippen molar-refractivity contribution in [2.24, 2.45) is 0 Å². The van der Waals surface area contributed by atoms with Crippen LogP contribution < -0.4 is 10.6 Å². The molecule has 3 N–H and O–H groups in total.